The second-order valence-corrected chi connectivity index (χ2v) is 6.49. The lowest BCUT2D eigenvalue weighted by atomic mass is 9.83. The first-order valence-corrected chi connectivity index (χ1v) is 8.30. The zero-order chi connectivity index (χ0) is 15.1. The van der Waals surface area contributed by atoms with E-state index >= 15 is 0 Å². The van der Waals surface area contributed by atoms with Crippen LogP contribution >= 0.6 is 0 Å². The van der Waals surface area contributed by atoms with Crippen molar-refractivity contribution < 1.29 is 4.79 Å². The molecular formula is C17H29N3O. The van der Waals surface area contributed by atoms with Crippen molar-refractivity contribution in [3.63, 3.8) is 0 Å². The van der Waals surface area contributed by atoms with Crippen LogP contribution < -0.4 is 5.32 Å². The summed E-state index contributed by atoms with van der Waals surface area (Å²) < 4.78 is 0. The predicted octanol–water partition coefficient (Wildman–Crippen LogP) is 2.40. The molecule has 2 aliphatic rings. The molecule has 0 saturated heterocycles. The zero-order valence-corrected chi connectivity index (χ0v) is 13.5. The summed E-state index contributed by atoms with van der Waals surface area (Å²) in [4.78, 5) is 17.5. The Morgan fingerprint density at radius 3 is 2.90 bits per heavy atom. The van der Waals surface area contributed by atoms with Gasteiger partial charge in [-0.2, -0.15) is 0 Å². The molecule has 0 radical (unpaired) electrons. The van der Waals surface area contributed by atoms with E-state index < -0.39 is 0 Å². The third-order valence-corrected chi connectivity index (χ3v) is 5.03. The Balaban J connectivity index is 1.93. The van der Waals surface area contributed by atoms with Gasteiger partial charge in [-0.05, 0) is 37.2 Å². The average molecular weight is 291 g/mol. The van der Waals surface area contributed by atoms with Gasteiger partial charge < -0.3 is 15.0 Å². The van der Waals surface area contributed by atoms with Crippen molar-refractivity contribution in [2.24, 2.45) is 10.4 Å². The van der Waals surface area contributed by atoms with Gasteiger partial charge in [0.25, 0.3) is 0 Å². The number of nitrogens with one attached hydrogen (secondary N) is 1. The van der Waals surface area contributed by atoms with Gasteiger partial charge in [0.2, 0.25) is 0 Å². The summed E-state index contributed by atoms with van der Waals surface area (Å²) >= 11 is 0. The molecule has 1 aliphatic heterocycles. The molecule has 1 fully saturated rings. The van der Waals surface area contributed by atoms with E-state index in [0.29, 0.717) is 12.0 Å². The monoisotopic (exact) mass is 291 g/mol. The van der Waals surface area contributed by atoms with Crippen molar-refractivity contribution in [3.8, 4) is 0 Å². The first-order valence-electron chi connectivity index (χ1n) is 8.30. The number of amidine groups is 1. The number of hydrogen-bond donors (Lipinski definition) is 1. The summed E-state index contributed by atoms with van der Waals surface area (Å²) in [5.41, 5.74) is 0.493. The molecule has 0 aromatic carbocycles. The number of carbonyl (C=O) groups excluding carboxylic acids is 1. The third kappa shape index (κ3) is 4.40. The highest BCUT2D eigenvalue weighted by Crippen LogP contribution is 2.41. The first kappa shape index (κ1) is 16.2. The summed E-state index contributed by atoms with van der Waals surface area (Å²) in [6, 6.07) is 0.261. The number of nitrogens with zero attached hydrogens (tertiary/aromatic N) is 2. The topological polar surface area (TPSA) is 44.7 Å². The van der Waals surface area contributed by atoms with Crippen LogP contribution in [0.3, 0.4) is 0 Å². The number of carbonyl (C=O) groups is 1. The Hall–Kier alpha value is -1.16. The molecule has 0 aromatic heterocycles. The highest BCUT2D eigenvalue weighted by atomic mass is 16.1. The lowest BCUT2D eigenvalue weighted by Crippen LogP contribution is -2.36. The molecule has 21 heavy (non-hydrogen) atoms. The lowest BCUT2D eigenvalue weighted by Gasteiger charge is -2.33. The SMILES string of the molecule is CCC1(CN(C)C2=NCCC(NCC=O)C=C2)CCCC1. The Kier molecular flexibility index (Phi) is 5.97. The van der Waals surface area contributed by atoms with Crippen LogP contribution in [0.1, 0.15) is 45.4 Å². The standard InChI is InChI=1S/C17H29N3O/c1-3-17(9-4-5-10-17)14-20(2)16-7-6-15(8-11-19-16)18-12-13-21/h6-7,13,15,18H,3-5,8-12,14H2,1-2H3. The van der Waals surface area contributed by atoms with Gasteiger partial charge in [0.15, 0.2) is 0 Å². The van der Waals surface area contributed by atoms with Crippen LogP contribution in [0.2, 0.25) is 0 Å². The Bertz CT molecular complexity index is 397. The highest BCUT2D eigenvalue weighted by molar-refractivity contribution is 5.93. The van der Waals surface area contributed by atoms with E-state index in [1.807, 2.05) is 0 Å². The summed E-state index contributed by atoms with van der Waals surface area (Å²) in [5.74, 6) is 1.09. The maximum absolute atomic E-state index is 10.4. The van der Waals surface area contributed by atoms with E-state index in [1.54, 1.807) is 0 Å². The van der Waals surface area contributed by atoms with Crippen LogP contribution in [-0.4, -0.2) is 49.7 Å². The second kappa shape index (κ2) is 7.74. The molecule has 0 bridgehead atoms. The Morgan fingerprint density at radius 1 is 1.48 bits per heavy atom. The maximum Gasteiger partial charge on any atom is 0.133 e. The highest BCUT2D eigenvalue weighted by Gasteiger charge is 2.33. The number of rotatable bonds is 6. The minimum atomic E-state index is 0.261. The van der Waals surface area contributed by atoms with Crippen molar-refractivity contribution in [2.75, 3.05) is 26.7 Å². The van der Waals surface area contributed by atoms with E-state index in [4.69, 9.17) is 4.99 Å². The van der Waals surface area contributed by atoms with Crippen LogP contribution in [-0.2, 0) is 4.79 Å². The van der Waals surface area contributed by atoms with E-state index in [1.165, 1.54) is 32.1 Å². The minimum absolute atomic E-state index is 0.261. The first-order chi connectivity index (χ1) is 10.2. The van der Waals surface area contributed by atoms with E-state index in [9.17, 15) is 4.79 Å². The van der Waals surface area contributed by atoms with Gasteiger partial charge in [-0.15, -0.1) is 0 Å². The summed E-state index contributed by atoms with van der Waals surface area (Å²) in [7, 11) is 2.16. The largest absolute Gasteiger partial charge is 0.359 e. The second-order valence-electron chi connectivity index (χ2n) is 6.49. The number of likely N-dealkylation sites (N-methyl/N-ethyl adjacent to an activating group) is 1. The van der Waals surface area contributed by atoms with Crippen LogP contribution in [0, 0.1) is 5.41 Å². The molecule has 0 aromatic rings. The molecule has 1 aliphatic carbocycles. The molecule has 4 heteroatoms. The molecule has 2 rings (SSSR count). The lowest BCUT2D eigenvalue weighted by molar-refractivity contribution is -0.107. The van der Waals surface area contributed by atoms with Gasteiger partial charge in [-0.25, -0.2) is 0 Å². The molecule has 0 amide bonds. The number of hydrogen-bond acceptors (Lipinski definition) is 4. The summed E-state index contributed by atoms with van der Waals surface area (Å²) in [6.07, 6.45) is 12.9. The van der Waals surface area contributed by atoms with Crippen molar-refractivity contribution >= 4 is 12.1 Å². The van der Waals surface area contributed by atoms with Crippen LogP contribution in [0.15, 0.2) is 17.1 Å². The molecule has 1 N–H and O–H groups in total. The van der Waals surface area contributed by atoms with Crippen molar-refractivity contribution in [1.29, 1.82) is 0 Å². The molecular weight excluding hydrogens is 262 g/mol. The molecule has 1 unspecified atom stereocenters. The van der Waals surface area contributed by atoms with E-state index in [0.717, 1.165) is 31.6 Å². The van der Waals surface area contributed by atoms with Gasteiger partial charge in [0.1, 0.15) is 12.1 Å². The maximum atomic E-state index is 10.4. The molecule has 4 nitrogen and oxygen atoms in total. The fourth-order valence-corrected chi connectivity index (χ4v) is 3.62. The summed E-state index contributed by atoms with van der Waals surface area (Å²) in [6.45, 7) is 4.67. The molecule has 1 atom stereocenters. The van der Waals surface area contributed by atoms with Crippen LogP contribution in [0.4, 0.5) is 0 Å². The fraction of sp³-hybridized carbons (Fsp3) is 0.765. The number of aliphatic imine (C=N–C) groups is 1. The van der Waals surface area contributed by atoms with E-state index in [2.05, 4.69) is 36.3 Å². The molecule has 0 spiro atoms. The number of aldehydes is 1. The quantitative estimate of drug-likeness (QED) is 0.764. The molecule has 1 saturated carbocycles. The van der Waals surface area contributed by atoms with Crippen molar-refractivity contribution in [3.05, 3.63) is 12.2 Å². The Morgan fingerprint density at radius 2 is 2.24 bits per heavy atom. The molecule has 118 valence electrons. The van der Waals surface area contributed by atoms with Gasteiger partial charge in [0.05, 0.1) is 6.54 Å². The van der Waals surface area contributed by atoms with Crippen molar-refractivity contribution in [2.45, 2.75) is 51.5 Å². The van der Waals surface area contributed by atoms with Crippen LogP contribution in [0.5, 0.6) is 0 Å². The fourth-order valence-electron chi connectivity index (χ4n) is 3.62. The van der Waals surface area contributed by atoms with Crippen LogP contribution in [0.25, 0.3) is 0 Å². The third-order valence-electron chi connectivity index (χ3n) is 5.03. The minimum Gasteiger partial charge on any atom is -0.359 e. The average Bonchev–Trinajstić information content (AvgIpc) is 2.82. The van der Waals surface area contributed by atoms with Gasteiger partial charge in [-0.3, -0.25) is 4.99 Å². The van der Waals surface area contributed by atoms with Gasteiger partial charge in [-0.1, -0.05) is 25.8 Å². The van der Waals surface area contributed by atoms with Gasteiger partial charge >= 0.3 is 0 Å². The summed E-state index contributed by atoms with van der Waals surface area (Å²) in [5, 5.41) is 3.22. The Labute approximate surface area is 128 Å². The normalized spacial score (nSPS) is 24.5. The molecule has 1 heterocycles. The zero-order valence-electron chi connectivity index (χ0n) is 13.5. The smallest absolute Gasteiger partial charge is 0.133 e. The van der Waals surface area contributed by atoms with Crippen molar-refractivity contribution in [1.82, 2.24) is 10.2 Å². The van der Waals surface area contributed by atoms with Gasteiger partial charge in [0, 0.05) is 26.2 Å². The van der Waals surface area contributed by atoms with E-state index in [-0.39, 0.29) is 6.04 Å². The predicted molar refractivity (Wildman–Crippen MR) is 87.7 cm³/mol.